The number of hydrogen-bond acceptors (Lipinski definition) is 5. The van der Waals surface area contributed by atoms with Crippen LogP contribution in [-0.2, 0) is 6.42 Å². The first-order chi connectivity index (χ1) is 7.86. The van der Waals surface area contributed by atoms with Gasteiger partial charge in [0, 0.05) is 17.8 Å². The number of hydrogen-bond donors (Lipinski definition) is 1. The molecular weight excluding hydrogens is 222 g/mol. The Morgan fingerprint density at radius 1 is 1.38 bits per heavy atom. The lowest BCUT2D eigenvalue weighted by atomic mass is 10.1. The first kappa shape index (κ1) is 9.72. The van der Waals surface area contributed by atoms with Crippen molar-refractivity contribution in [3.05, 3.63) is 23.8 Å². The molecule has 1 aromatic heterocycles. The molecule has 3 rings (SSSR count). The molecule has 1 N–H and O–H groups in total. The maximum atomic E-state index is 5.50. The van der Waals surface area contributed by atoms with Crippen LogP contribution in [0.15, 0.2) is 27.8 Å². The molecule has 1 aliphatic rings. The zero-order valence-electron chi connectivity index (χ0n) is 8.86. The molecule has 5 heteroatoms. The standard InChI is InChI=1S/C11H11N3OS/c1-16-11-14-13-10(15-11)8-2-3-9-7(6-8)4-5-12-9/h2-3,6,12H,4-5H2,1H3. The van der Waals surface area contributed by atoms with E-state index in [1.54, 1.807) is 0 Å². The largest absolute Gasteiger partial charge is 0.411 e. The molecule has 1 aromatic carbocycles. The highest BCUT2D eigenvalue weighted by Crippen LogP contribution is 2.28. The third kappa shape index (κ3) is 1.57. The molecule has 1 aliphatic heterocycles. The number of anilines is 1. The molecule has 16 heavy (non-hydrogen) atoms. The lowest BCUT2D eigenvalue weighted by Crippen LogP contribution is -1.90. The van der Waals surface area contributed by atoms with Gasteiger partial charge in [0.05, 0.1) is 0 Å². The zero-order valence-corrected chi connectivity index (χ0v) is 9.67. The second-order valence-corrected chi connectivity index (χ2v) is 4.38. The fourth-order valence-electron chi connectivity index (χ4n) is 1.85. The summed E-state index contributed by atoms with van der Waals surface area (Å²) in [5.41, 5.74) is 3.53. The minimum Gasteiger partial charge on any atom is -0.411 e. The van der Waals surface area contributed by atoms with Gasteiger partial charge in [0.2, 0.25) is 5.89 Å². The Hall–Kier alpha value is -1.49. The highest BCUT2D eigenvalue weighted by Gasteiger charge is 2.13. The van der Waals surface area contributed by atoms with Gasteiger partial charge in [-0.15, -0.1) is 10.2 Å². The third-order valence-corrected chi connectivity index (χ3v) is 3.16. The van der Waals surface area contributed by atoms with E-state index in [-0.39, 0.29) is 0 Å². The summed E-state index contributed by atoms with van der Waals surface area (Å²) in [7, 11) is 0. The molecule has 4 nitrogen and oxygen atoms in total. The molecule has 82 valence electrons. The van der Waals surface area contributed by atoms with Crippen LogP contribution >= 0.6 is 11.8 Å². The summed E-state index contributed by atoms with van der Waals surface area (Å²) in [5.74, 6) is 0.596. The van der Waals surface area contributed by atoms with E-state index in [0.29, 0.717) is 11.1 Å². The van der Waals surface area contributed by atoms with Crippen LogP contribution in [-0.4, -0.2) is 23.0 Å². The third-order valence-electron chi connectivity index (χ3n) is 2.64. The number of nitrogens with one attached hydrogen (secondary N) is 1. The number of thioether (sulfide) groups is 1. The van der Waals surface area contributed by atoms with Gasteiger partial charge in [-0.05, 0) is 36.4 Å². The Bertz CT molecular complexity index is 524. The maximum Gasteiger partial charge on any atom is 0.276 e. The fraction of sp³-hybridized carbons (Fsp3) is 0.273. The van der Waals surface area contributed by atoms with Crippen molar-refractivity contribution in [2.24, 2.45) is 0 Å². The van der Waals surface area contributed by atoms with E-state index < -0.39 is 0 Å². The number of rotatable bonds is 2. The van der Waals surface area contributed by atoms with Crippen LogP contribution < -0.4 is 5.32 Å². The minimum absolute atomic E-state index is 0.596. The summed E-state index contributed by atoms with van der Waals surface area (Å²) >= 11 is 1.46. The van der Waals surface area contributed by atoms with Crippen LogP contribution in [0.2, 0.25) is 0 Å². The molecule has 0 saturated heterocycles. The number of fused-ring (bicyclic) bond motifs is 1. The van der Waals surface area contributed by atoms with Crippen molar-refractivity contribution in [2.45, 2.75) is 11.6 Å². The van der Waals surface area contributed by atoms with E-state index in [1.807, 2.05) is 12.3 Å². The van der Waals surface area contributed by atoms with Crippen LogP contribution in [0.4, 0.5) is 5.69 Å². The molecule has 0 atom stereocenters. The Morgan fingerprint density at radius 2 is 2.31 bits per heavy atom. The Balaban J connectivity index is 2.00. The molecule has 2 aromatic rings. The van der Waals surface area contributed by atoms with Gasteiger partial charge in [0.25, 0.3) is 5.22 Å². The Kier molecular flexibility index (Phi) is 2.32. The van der Waals surface area contributed by atoms with E-state index >= 15 is 0 Å². The van der Waals surface area contributed by atoms with Crippen molar-refractivity contribution in [2.75, 3.05) is 18.1 Å². The summed E-state index contributed by atoms with van der Waals surface area (Å²) < 4.78 is 5.50. The summed E-state index contributed by atoms with van der Waals surface area (Å²) in [6.07, 6.45) is 2.98. The van der Waals surface area contributed by atoms with Crippen LogP contribution in [0, 0.1) is 0 Å². The topological polar surface area (TPSA) is 51.0 Å². The van der Waals surface area contributed by atoms with Gasteiger partial charge < -0.3 is 9.73 Å². The lowest BCUT2D eigenvalue weighted by Gasteiger charge is -2.00. The summed E-state index contributed by atoms with van der Waals surface area (Å²) in [6, 6.07) is 6.20. The van der Waals surface area contributed by atoms with Gasteiger partial charge in [-0.3, -0.25) is 0 Å². The van der Waals surface area contributed by atoms with Crippen molar-refractivity contribution < 1.29 is 4.42 Å². The number of aromatic nitrogens is 2. The van der Waals surface area contributed by atoms with E-state index in [9.17, 15) is 0 Å². The molecule has 0 aliphatic carbocycles. The summed E-state index contributed by atoms with van der Waals surface area (Å²) in [4.78, 5) is 0. The second kappa shape index (κ2) is 3.83. The summed E-state index contributed by atoms with van der Waals surface area (Å²) in [6.45, 7) is 1.01. The van der Waals surface area contributed by atoms with E-state index in [4.69, 9.17) is 4.42 Å². The van der Waals surface area contributed by atoms with E-state index in [0.717, 1.165) is 18.5 Å². The molecule has 2 heterocycles. The van der Waals surface area contributed by atoms with Crippen LogP contribution in [0.5, 0.6) is 0 Å². The predicted octanol–water partition coefficient (Wildman–Crippen LogP) is 2.43. The van der Waals surface area contributed by atoms with E-state index in [1.165, 1.54) is 23.0 Å². The van der Waals surface area contributed by atoms with Crippen LogP contribution in [0.3, 0.4) is 0 Å². The number of benzene rings is 1. The molecule has 0 radical (unpaired) electrons. The minimum atomic E-state index is 0.596. The fourth-order valence-corrected chi connectivity index (χ4v) is 2.13. The average molecular weight is 233 g/mol. The van der Waals surface area contributed by atoms with Gasteiger partial charge >= 0.3 is 0 Å². The average Bonchev–Trinajstić information content (AvgIpc) is 2.96. The first-order valence-corrected chi connectivity index (χ1v) is 6.34. The quantitative estimate of drug-likeness (QED) is 0.807. The molecular formula is C11H11N3OS. The molecule has 0 saturated carbocycles. The Morgan fingerprint density at radius 3 is 3.12 bits per heavy atom. The molecule has 0 unspecified atom stereocenters. The van der Waals surface area contributed by atoms with E-state index in [2.05, 4.69) is 27.6 Å². The number of nitrogens with zero attached hydrogens (tertiary/aromatic N) is 2. The zero-order chi connectivity index (χ0) is 11.0. The molecule has 0 amide bonds. The van der Waals surface area contributed by atoms with Gasteiger partial charge in [-0.2, -0.15) is 0 Å². The SMILES string of the molecule is CSc1nnc(-c2ccc3c(c2)CCN3)o1. The van der Waals surface area contributed by atoms with Crippen LogP contribution in [0.1, 0.15) is 5.56 Å². The van der Waals surface area contributed by atoms with Crippen molar-refractivity contribution in [3.8, 4) is 11.5 Å². The molecule has 0 fully saturated rings. The van der Waals surface area contributed by atoms with Crippen molar-refractivity contribution in [1.29, 1.82) is 0 Å². The molecule has 0 bridgehead atoms. The normalized spacial score (nSPS) is 13.6. The predicted molar refractivity (Wildman–Crippen MR) is 63.7 cm³/mol. The van der Waals surface area contributed by atoms with Gasteiger partial charge in [-0.1, -0.05) is 11.8 Å². The highest BCUT2D eigenvalue weighted by molar-refractivity contribution is 7.98. The van der Waals surface area contributed by atoms with Gasteiger partial charge in [0.15, 0.2) is 0 Å². The first-order valence-electron chi connectivity index (χ1n) is 5.11. The van der Waals surface area contributed by atoms with Crippen molar-refractivity contribution in [3.63, 3.8) is 0 Å². The lowest BCUT2D eigenvalue weighted by molar-refractivity contribution is 0.466. The molecule has 0 spiro atoms. The van der Waals surface area contributed by atoms with Gasteiger partial charge in [0.1, 0.15) is 0 Å². The smallest absolute Gasteiger partial charge is 0.276 e. The maximum absolute atomic E-state index is 5.50. The monoisotopic (exact) mass is 233 g/mol. The van der Waals surface area contributed by atoms with Crippen molar-refractivity contribution in [1.82, 2.24) is 10.2 Å². The Labute approximate surface area is 97.5 Å². The van der Waals surface area contributed by atoms with Crippen LogP contribution in [0.25, 0.3) is 11.5 Å². The highest BCUT2D eigenvalue weighted by atomic mass is 32.2. The van der Waals surface area contributed by atoms with Gasteiger partial charge in [-0.25, -0.2) is 0 Å². The van der Waals surface area contributed by atoms with Crippen molar-refractivity contribution >= 4 is 17.4 Å². The second-order valence-electron chi connectivity index (χ2n) is 3.63. The summed E-state index contributed by atoms with van der Waals surface area (Å²) in [5, 5.41) is 11.9.